The summed E-state index contributed by atoms with van der Waals surface area (Å²) in [6.45, 7) is 1.50. The van der Waals surface area contributed by atoms with Crippen LogP contribution in [0.15, 0.2) is 35.3 Å². The molecule has 1 saturated carbocycles. The van der Waals surface area contributed by atoms with E-state index < -0.39 is 6.10 Å². The smallest absolute Gasteiger partial charge is 0.267 e. The summed E-state index contributed by atoms with van der Waals surface area (Å²) < 4.78 is 1.49. The van der Waals surface area contributed by atoms with Crippen molar-refractivity contribution in [3.05, 3.63) is 46.4 Å². The normalized spacial score (nSPS) is 24.3. The predicted molar refractivity (Wildman–Crippen MR) is 114 cm³/mol. The monoisotopic (exact) mass is 408 g/mol. The molecule has 0 radical (unpaired) electrons. The molecule has 2 fully saturated rings. The number of aliphatic hydroxyl groups is 1. The van der Waals surface area contributed by atoms with Crippen LogP contribution in [0.1, 0.15) is 56.6 Å². The number of hydrogen-bond acceptors (Lipinski definition) is 7. The minimum absolute atomic E-state index is 0.163. The summed E-state index contributed by atoms with van der Waals surface area (Å²) >= 11 is 0. The molecule has 3 atom stereocenters. The zero-order valence-electron chi connectivity index (χ0n) is 17.1. The average molecular weight is 409 g/mol. The quantitative estimate of drug-likeness (QED) is 0.782. The first-order valence-electron chi connectivity index (χ1n) is 10.8. The third-order valence-electron chi connectivity index (χ3n) is 6.17. The fourth-order valence-electron chi connectivity index (χ4n) is 4.55. The lowest BCUT2D eigenvalue weighted by atomic mass is 9.93. The van der Waals surface area contributed by atoms with Gasteiger partial charge in [0.1, 0.15) is 17.7 Å². The molecule has 3 heterocycles. The van der Waals surface area contributed by atoms with Crippen LogP contribution in [-0.4, -0.2) is 45.1 Å². The topological polar surface area (TPSA) is 107 Å². The second-order valence-electron chi connectivity index (χ2n) is 8.13. The summed E-state index contributed by atoms with van der Waals surface area (Å²) in [5.41, 5.74) is 0.362. The lowest BCUT2D eigenvalue weighted by molar-refractivity contribution is 0.0669. The van der Waals surface area contributed by atoms with Crippen molar-refractivity contribution >= 4 is 11.6 Å². The van der Waals surface area contributed by atoms with Gasteiger partial charge in [-0.1, -0.05) is 12.8 Å². The van der Waals surface area contributed by atoms with Gasteiger partial charge in [0, 0.05) is 31.4 Å². The van der Waals surface area contributed by atoms with Gasteiger partial charge < -0.3 is 15.3 Å². The number of nitrogens with one attached hydrogen (secondary N) is 1. The van der Waals surface area contributed by atoms with Crippen molar-refractivity contribution < 1.29 is 5.11 Å². The Morgan fingerprint density at radius 3 is 2.83 bits per heavy atom. The number of aliphatic hydroxyl groups excluding tert-OH is 1. The predicted octanol–water partition coefficient (Wildman–Crippen LogP) is 2.46. The minimum Gasteiger partial charge on any atom is -0.391 e. The summed E-state index contributed by atoms with van der Waals surface area (Å²) in [6, 6.07) is 8.95. The Hall–Kier alpha value is -2.92. The van der Waals surface area contributed by atoms with Crippen molar-refractivity contribution in [1.29, 1.82) is 5.26 Å². The maximum absolute atomic E-state index is 12.5. The lowest BCUT2D eigenvalue weighted by Crippen LogP contribution is -2.45. The van der Waals surface area contributed by atoms with Crippen molar-refractivity contribution in [1.82, 2.24) is 14.8 Å². The molecular weight excluding hydrogens is 380 g/mol. The van der Waals surface area contributed by atoms with Gasteiger partial charge in [-0.25, -0.2) is 9.67 Å². The largest absolute Gasteiger partial charge is 0.391 e. The highest BCUT2D eigenvalue weighted by atomic mass is 16.3. The molecule has 1 aliphatic heterocycles. The summed E-state index contributed by atoms with van der Waals surface area (Å²) in [7, 11) is 0. The number of piperidine rings is 1. The Morgan fingerprint density at radius 1 is 1.17 bits per heavy atom. The van der Waals surface area contributed by atoms with Gasteiger partial charge in [-0.3, -0.25) is 4.79 Å². The molecule has 158 valence electrons. The van der Waals surface area contributed by atoms with E-state index in [1.54, 1.807) is 30.5 Å². The third kappa shape index (κ3) is 4.31. The lowest BCUT2D eigenvalue weighted by Gasteiger charge is -2.37. The number of hydrogen-bond donors (Lipinski definition) is 2. The fraction of sp³-hybridized carbons (Fsp3) is 0.545. The molecular formula is C22H28N6O2. The van der Waals surface area contributed by atoms with Crippen molar-refractivity contribution in [3.63, 3.8) is 0 Å². The van der Waals surface area contributed by atoms with E-state index in [-0.39, 0.29) is 17.6 Å². The molecule has 2 aliphatic rings. The van der Waals surface area contributed by atoms with E-state index >= 15 is 0 Å². The van der Waals surface area contributed by atoms with Crippen LogP contribution >= 0.6 is 0 Å². The maximum atomic E-state index is 12.5. The average Bonchev–Trinajstić information content (AvgIpc) is 2.79. The second-order valence-corrected chi connectivity index (χ2v) is 8.13. The van der Waals surface area contributed by atoms with Crippen molar-refractivity contribution in [3.8, 4) is 6.07 Å². The van der Waals surface area contributed by atoms with Gasteiger partial charge in [-0.15, -0.1) is 0 Å². The number of aromatic nitrogens is 3. The fourth-order valence-corrected chi connectivity index (χ4v) is 4.55. The Balaban J connectivity index is 1.54. The highest BCUT2D eigenvalue weighted by molar-refractivity contribution is 5.51. The first-order chi connectivity index (χ1) is 14.7. The van der Waals surface area contributed by atoms with Crippen LogP contribution in [0.2, 0.25) is 0 Å². The molecule has 3 unspecified atom stereocenters. The minimum atomic E-state index is -0.522. The van der Waals surface area contributed by atoms with Gasteiger partial charge in [0.15, 0.2) is 0 Å². The van der Waals surface area contributed by atoms with Crippen molar-refractivity contribution in [2.24, 2.45) is 0 Å². The second kappa shape index (κ2) is 9.26. The summed E-state index contributed by atoms with van der Waals surface area (Å²) in [6.07, 6.45) is 7.82. The summed E-state index contributed by atoms with van der Waals surface area (Å²) in [5.74, 6) is 1.36. The molecule has 0 bridgehead atoms. The van der Waals surface area contributed by atoms with Gasteiger partial charge in [0.2, 0.25) is 0 Å². The molecule has 0 spiro atoms. The standard InChI is InChI=1S/C22H28N6O2/c23-14-16-6-5-12-24-22(16)25-15-17-7-3-4-13-27(17)20-10-11-21(30)28(26-20)18-8-1-2-9-19(18)29/h5-6,10-12,17-19,29H,1-4,7-9,13,15H2,(H,24,25). The van der Waals surface area contributed by atoms with E-state index in [9.17, 15) is 15.2 Å². The number of pyridine rings is 1. The summed E-state index contributed by atoms with van der Waals surface area (Å²) in [4.78, 5) is 19.0. The maximum Gasteiger partial charge on any atom is 0.267 e. The van der Waals surface area contributed by atoms with Crippen LogP contribution in [0, 0.1) is 11.3 Å². The van der Waals surface area contributed by atoms with E-state index in [2.05, 4.69) is 26.4 Å². The van der Waals surface area contributed by atoms with E-state index in [1.807, 2.05) is 0 Å². The van der Waals surface area contributed by atoms with E-state index in [0.717, 1.165) is 50.9 Å². The zero-order valence-corrected chi connectivity index (χ0v) is 17.1. The Kier molecular flexibility index (Phi) is 6.29. The number of nitriles is 1. The zero-order chi connectivity index (χ0) is 20.9. The molecule has 2 aromatic heterocycles. The van der Waals surface area contributed by atoms with Crippen LogP contribution in [-0.2, 0) is 0 Å². The molecule has 1 saturated heterocycles. The third-order valence-corrected chi connectivity index (χ3v) is 6.17. The van der Waals surface area contributed by atoms with E-state index in [1.165, 1.54) is 4.68 Å². The van der Waals surface area contributed by atoms with E-state index in [0.29, 0.717) is 24.3 Å². The Labute approximate surface area is 176 Å². The van der Waals surface area contributed by atoms with Gasteiger partial charge in [0.05, 0.1) is 17.7 Å². The molecule has 8 heteroatoms. The van der Waals surface area contributed by atoms with Crippen LogP contribution in [0.3, 0.4) is 0 Å². The summed E-state index contributed by atoms with van der Waals surface area (Å²) in [5, 5.41) is 27.7. The first-order valence-corrected chi connectivity index (χ1v) is 10.8. The van der Waals surface area contributed by atoms with Gasteiger partial charge in [0.25, 0.3) is 5.56 Å². The first kappa shape index (κ1) is 20.4. The van der Waals surface area contributed by atoms with E-state index in [4.69, 9.17) is 0 Å². The molecule has 0 amide bonds. The van der Waals surface area contributed by atoms with Gasteiger partial charge >= 0.3 is 0 Å². The molecule has 2 N–H and O–H groups in total. The molecule has 30 heavy (non-hydrogen) atoms. The van der Waals surface area contributed by atoms with Gasteiger partial charge in [-0.05, 0) is 50.3 Å². The Morgan fingerprint density at radius 2 is 2.00 bits per heavy atom. The van der Waals surface area contributed by atoms with Crippen molar-refractivity contribution in [2.75, 3.05) is 23.3 Å². The van der Waals surface area contributed by atoms with Crippen LogP contribution < -0.4 is 15.8 Å². The number of nitrogens with zero attached hydrogens (tertiary/aromatic N) is 5. The van der Waals surface area contributed by atoms with Crippen LogP contribution in [0.4, 0.5) is 11.6 Å². The highest BCUT2D eigenvalue weighted by Gasteiger charge is 2.29. The van der Waals surface area contributed by atoms with Crippen LogP contribution in [0.5, 0.6) is 0 Å². The van der Waals surface area contributed by atoms with Crippen LogP contribution in [0.25, 0.3) is 0 Å². The van der Waals surface area contributed by atoms with Gasteiger partial charge in [-0.2, -0.15) is 10.4 Å². The number of rotatable bonds is 5. The molecule has 2 aromatic rings. The molecule has 8 nitrogen and oxygen atoms in total. The highest BCUT2D eigenvalue weighted by Crippen LogP contribution is 2.28. The molecule has 1 aliphatic carbocycles. The Bertz CT molecular complexity index is 969. The van der Waals surface area contributed by atoms with Crippen molar-refractivity contribution in [2.45, 2.75) is 63.1 Å². The number of anilines is 2. The molecule has 4 rings (SSSR count). The molecule has 0 aromatic carbocycles. The SMILES string of the molecule is N#Cc1cccnc1NCC1CCCCN1c1ccc(=O)n(C2CCCCC2O)n1.